The zero-order valence-electron chi connectivity index (χ0n) is 13.5. The van der Waals surface area contributed by atoms with Gasteiger partial charge < -0.3 is 9.84 Å². The molecule has 1 heterocycles. The first kappa shape index (κ1) is 20.0. The number of hydrogen-bond donors (Lipinski definition) is 1. The van der Waals surface area contributed by atoms with Crippen molar-refractivity contribution in [2.24, 2.45) is 5.92 Å². The van der Waals surface area contributed by atoms with Crippen LogP contribution in [0.15, 0.2) is 0 Å². The van der Waals surface area contributed by atoms with Crippen molar-refractivity contribution in [1.29, 1.82) is 0 Å². The summed E-state index contributed by atoms with van der Waals surface area (Å²) in [5.41, 5.74) is -0.616. The van der Waals surface area contributed by atoms with Crippen molar-refractivity contribution < 1.29 is 19.4 Å². The van der Waals surface area contributed by atoms with Crippen LogP contribution in [0.4, 0.5) is 4.79 Å². The zero-order chi connectivity index (χ0) is 15.5. The predicted octanol–water partition coefficient (Wildman–Crippen LogP) is 2.07. The second kappa shape index (κ2) is 7.84. The monoisotopic (exact) mass is 322 g/mol. The molecule has 0 aromatic rings. The number of hydrogen-bond acceptors (Lipinski definition) is 4. The second-order valence-corrected chi connectivity index (χ2v) is 6.68. The normalized spacial score (nSPS) is 20.1. The number of carboxylic acid groups (broad SMARTS) is 1. The molecule has 1 N–H and O–H groups in total. The highest BCUT2D eigenvalue weighted by atomic mass is 35.5. The van der Waals surface area contributed by atoms with E-state index in [1.807, 2.05) is 0 Å². The lowest BCUT2D eigenvalue weighted by Crippen LogP contribution is -2.59. The van der Waals surface area contributed by atoms with Gasteiger partial charge in [-0.1, -0.05) is 13.8 Å². The standard InChI is InChI=1S/C14H26N2O4.ClH/c1-10(2)8-15-6-7-16(11(9-15)12(17)18)13(19)20-14(3,4)5;/h10-11H,6-9H2,1-5H3,(H,17,18);1H. The van der Waals surface area contributed by atoms with Gasteiger partial charge in [0.05, 0.1) is 0 Å². The molecule has 1 saturated heterocycles. The average molecular weight is 323 g/mol. The Balaban J connectivity index is 0.00000400. The summed E-state index contributed by atoms with van der Waals surface area (Å²) >= 11 is 0. The van der Waals surface area contributed by atoms with E-state index in [4.69, 9.17) is 4.74 Å². The lowest BCUT2D eigenvalue weighted by Gasteiger charge is -2.40. The summed E-state index contributed by atoms with van der Waals surface area (Å²) in [5.74, 6) is -0.512. The molecule has 6 nitrogen and oxygen atoms in total. The van der Waals surface area contributed by atoms with Crippen molar-refractivity contribution in [3.05, 3.63) is 0 Å². The lowest BCUT2D eigenvalue weighted by molar-refractivity contribution is -0.145. The first-order valence-corrected chi connectivity index (χ1v) is 7.05. The molecular weight excluding hydrogens is 296 g/mol. The third-order valence-corrected chi connectivity index (χ3v) is 3.00. The van der Waals surface area contributed by atoms with Crippen LogP contribution >= 0.6 is 12.4 Å². The molecule has 1 unspecified atom stereocenters. The number of halogens is 1. The molecule has 0 aromatic carbocycles. The maximum absolute atomic E-state index is 12.1. The van der Waals surface area contributed by atoms with Gasteiger partial charge in [0.25, 0.3) is 0 Å². The fourth-order valence-corrected chi connectivity index (χ4v) is 2.27. The van der Waals surface area contributed by atoms with E-state index >= 15 is 0 Å². The Kier molecular flexibility index (Phi) is 7.47. The van der Waals surface area contributed by atoms with E-state index in [0.29, 0.717) is 25.6 Å². The van der Waals surface area contributed by atoms with Crippen LogP contribution < -0.4 is 0 Å². The maximum Gasteiger partial charge on any atom is 0.411 e. The van der Waals surface area contributed by atoms with E-state index in [-0.39, 0.29) is 12.4 Å². The van der Waals surface area contributed by atoms with Gasteiger partial charge in [0, 0.05) is 26.2 Å². The molecule has 0 spiro atoms. The van der Waals surface area contributed by atoms with Crippen LogP contribution in [-0.4, -0.2) is 64.8 Å². The summed E-state index contributed by atoms with van der Waals surface area (Å²) in [5, 5.41) is 9.33. The summed E-state index contributed by atoms with van der Waals surface area (Å²) < 4.78 is 5.28. The number of piperazine rings is 1. The molecule has 0 aliphatic carbocycles. The molecule has 1 amide bonds. The molecule has 0 bridgehead atoms. The van der Waals surface area contributed by atoms with Gasteiger partial charge in [-0.2, -0.15) is 0 Å². The van der Waals surface area contributed by atoms with Crippen molar-refractivity contribution in [2.45, 2.75) is 46.3 Å². The summed E-state index contributed by atoms with van der Waals surface area (Å²) in [4.78, 5) is 26.9. The van der Waals surface area contributed by atoms with Crippen molar-refractivity contribution in [2.75, 3.05) is 26.2 Å². The van der Waals surface area contributed by atoms with Crippen LogP contribution in [0.2, 0.25) is 0 Å². The minimum atomic E-state index is -0.982. The SMILES string of the molecule is CC(C)CN1CCN(C(=O)OC(C)(C)C)C(C(=O)O)C1.Cl. The fraction of sp³-hybridized carbons (Fsp3) is 0.857. The highest BCUT2D eigenvalue weighted by molar-refractivity contribution is 5.85. The minimum absolute atomic E-state index is 0. The number of carbonyl (C=O) groups excluding carboxylic acids is 1. The van der Waals surface area contributed by atoms with E-state index in [9.17, 15) is 14.7 Å². The highest BCUT2D eigenvalue weighted by Gasteiger charge is 2.37. The summed E-state index contributed by atoms with van der Waals surface area (Å²) in [6.07, 6.45) is -0.547. The maximum atomic E-state index is 12.1. The molecule has 124 valence electrons. The first-order chi connectivity index (χ1) is 9.10. The van der Waals surface area contributed by atoms with Crippen LogP contribution in [0.5, 0.6) is 0 Å². The zero-order valence-corrected chi connectivity index (χ0v) is 14.3. The number of amides is 1. The molecule has 1 atom stereocenters. The molecule has 7 heteroatoms. The first-order valence-electron chi connectivity index (χ1n) is 7.05. The van der Waals surface area contributed by atoms with E-state index in [1.54, 1.807) is 20.8 Å². The molecule has 1 aliphatic heterocycles. The molecule has 21 heavy (non-hydrogen) atoms. The van der Waals surface area contributed by atoms with Gasteiger partial charge in [0.15, 0.2) is 0 Å². The molecule has 0 radical (unpaired) electrons. The molecule has 1 rings (SSSR count). The molecule has 0 saturated carbocycles. The molecule has 1 aliphatic rings. The van der Waals surface area contributed by atoms with Crippen molar-refractivity contribution >= 4 is 24.5 Å². The third-order valence-electron chi connectivity index (χ3n) is 3.00. The Morgan fingerprint density at radius 3 is 2.29 bits per heavy atom. The topological polar surface area (TPSA) is 70.1 Å². The van der Waals surface area contributed by atoms with Gasteiger partial charge in [-0.25, -0.2) is 9.59 Å². The van der Waals surface area contributed by atoms with Crippen LogP contribution in [-0.2, 0) is 9.53 Å². The summed E-state index contributed by atoms with van der Waals surface area (Å²) in [6.45, 7) is 11.8. The Bertz CT molecular complexity index is 368. The Morgan fingerprint density at radius 1 is 1.29 bits per heavy atom. The number of aliphatic carboxylic acids is 1. The summed E-state index contributed by atoms with van der Waals surface area (Å²) in [7, 11) is 0. The van der Waals surface area contributed by atoms with Crippen molar-refractivity contribution in [3.8, 4) is 0 Å². The third kappa shape index (κ3) is 6.52. The van der Waals surface area contributed by atoms with Gasteiger partial charge in [-0.05, 0) is 26.7 Å². The number of nitrogens with zero attached hydrogens (tertiary/aromatic N) is 2. The lowest BCUT2D eigenvalue weighted by atomic mass is 10.1. The van der Waals surface area contributed by atoms with Crippen LogP contribution in [0.3, 0.4) is 0 Å². The van der Waals surface area contributed by atoms with Crippen molar-refractivity contribution in [3.63, 3.8) is 0 Å². The largest absolute Gasteiger partial charge is 0.480 e. The van der Waals surface area contributed by atoms with E-state index in [2.05, 4.69) is 18.7 Å². The van der Waals surface area contributed by atoms with Crippen LogP contribution in [0.25, 0.3) is 0 Å². The Morgan fingerprint density at radius 2 is 1.86 bits per heavy atom. The highest BCUT2D eigenvalue weighted by Crippen LogP contribution is 2.16. The van der Waals surface area contributed by atoms with Crippen molar-refractivity contribution in [1.82, 2.24) is 9.80 Å². The van der Waals surface area contributed by atoms with E-state index < -0.39 is 23.7 Å². The quantitative estimate of drug-likeness (QED) is 0.861. The van der Waals surface area contributed by atoms with Gasteiger partial charge in [-0.3, -0.25) is 9.80 Å². The smallest absolute Gasteiger partial charge is 0.411 e. The fourth-order valence-electron chi connectivity index (χ4n) is 2.27. The van der Waals surface area contributed by atoms with Gasteiger partial charge in [-0.15, -0.1) is 12.4 Å². The number of ether oxygens (including phenoxy) is 1. The van der Waals surface area contributed by atoms with Gasteiger partial charge in [0.1, 0.15) is 11.6 Å². The van der Waals surface area contributed by atoms with Gasteiger partial charge >= 0.3 is 12.1 Å². The summed E-state index contributed by atoms with van der Waals surface area (Å²) in [6, 6.07) is -0.836. The van der Waals surface area contributed by atoms with Crippen LogP contribution in [0, 0.1) is 5.92 Å². The Hall–Kier alpha value is -1.01. The van der Waals surface area contributed by atoms with Crippen LogP contribution in [0.1, 0.15) is 34.6 Å². The number of carbonyl (C=O) groups is 2. The minimum Gasteiger partial charge on any atom is -0.480 e. The number of rotatable bonds is 3. The van der Waals surface area contributed by atoms with E-state index in [1.165, 1.54) is 4.90 Å². The average Bonchev–Trinajstić information content (AvgIpc) is 2.25. The molecular formula is C14H27ClN2O4. The molecule has 1 fully saturated rings. The Labute approximate surface area is 132 Å². The van der Waals surface area contributed by atoms with Gasteiger partial charge in [0.2, 0.25) is 0 Å². The number of carboxylic acids is 1. The second-order valence-electron chi connectivity index (χ2n) is 6.68. The molecule has 0 aromatic heterocycles. The van der Waals surface area contributed by atoms with E-state index in [0.717, 1.165) is 6.54 Å². The predicted molar refractivity (Wildman–Crippen MR) is 82.9 cm³/mol.